The first-order valence-corrected chi connectivity index (χ1v) is 7.12. The maximum absolute atomic E-state index is 11.8. The van der Waals surface area contributed by atoms with E-state index in [1.54, 1.807) is 0 Å². The Morgan fingerprint density at radius 3 is 3.00 bits per heavy atom. The van der Waals surface area contributed by atoms with Crippen LogP contribution in [-0.4, -0.2) is 32.4 Å². The Labute approximate surface area is 127 Å². The van der Waals surface area contributed by atoms with Crippen molar-refractivity contribution < 1.29 is 4.79 Å². The number of aromatic nitrogens is 4. The molecule has 0 radical (unpaired) electrons. The van der Waals surface area contributed by atoms with Crippen molar-refractivity contribution in [1.29, 1.82) is 0 Å². The first-order chi connectivity index (χ1) is 10.6. The van der Waals surface area contributed by atoms with E-state index in [4.69, 9.17) is 5.73 Å². The molecule has 0 aliphatic rings. The van der Waals surface area contributed by atoms with Gasteiger partial charge >= 0.3 is 0 Å². The average Bonchev–Trinajstić information content (AvgIpc) is 3.03. The number of nitrogens with one attached hydrogen (secondary N) is 2. The van der Waals surface area contributed by atoms with E-state index in [0.717, 1.165) is 17.6 Å². The number of nitrogens with zero attached hydrogens (tertiary/aromatic N) is 3. The van der Waals surface area contributed by atoms with E-state index in [0.29, 0.717) is 12.4 Å². The first-order valence-electron chi connectivity index (χ1n) is 7.12. The highest BCUT2D eigenvalue weighted by molar-refractivity contribution is 5.84. The monoisotopic (exact) mass is 298 g/mol. The molecule has 0 atom stereocenters. The molecule has 7 nitrogen and oxygen atoms in total. The first kappa shape index (κ1) is 14.1. The van der Waals surface area contributed by atoms with Crippen molar-refractivity contribution >= 4 is 22.6 Å². The highest BCUT2D eigenvalue weighted by atomic mass is 16.2. The molecule has 0 aliphatic heterocycles. The van der Waals surface area contributed by atoms with Crippen molar-refractivity contribution in [2.45, 2.75) is 19.9 Å². The standard InChI is InChI=1S/C15H18N6O/c1-10-11(12-4-2-3-5-13(12)19-10)6-7-17-15(22)9-21-18-8-14(16)20-21/h2-5,8,19H,6-7,9H2,1H3,(H2,16,20)(H,17,22). The lowest BCUT2D eigenvalue weighted by molar-refractivity contribution is -0.122. The second kappa shape index (κ2) is 5.88. The maximum Gasteiger partial charge on any atom is 0.243 e. The van der Waals surface area contributed by atoms with Gasteiger partial charge in [0.1, 0.15) is 6.54 Å². The minimum Gasteiger partial charge on any atom is -0.381 e. The van der Waals surface area contributed by atoms with Crippen LogP contribution in [0.3, 0.4) is 0 Å². The number of amides is 1. The number of hydrogen-bond acceptors (Lipinski definition) is 4. The summed E-state index contributed by atoms with van der Waals surface area (Å²) in [6, 6.07) is 8.17. The Kier molecular flexibility index (Phi) is 3.78. The molecule has 3 aromatic rings. The molecule has 0 saturated heterocycles. The molecule has 4 N–H and O–H groups in total. The number of rotatable bonds is 5. The Hall–Kier alpha value is -2.83. The summed E-state index contributed by atoms with van der Waals surface area (Å²) in [7, 11) is 0. The van der Waals surface area contributed by atoms with Gasteiger partial charge < -0.3 is 16.0 Å². The van der Waals surface area contributed by atoms with Crippen LogP contribution in [0, 0.1) is 6.92 Å². The van der Waals surface area contributed by atoms with Crippen molar-refractivity contribution in [3.05, 3.63) is 41.7 Å². The number of aryl methyl sites for hydroxylation is 1. The Bertz CT molecular complexity index is 803. The number of aromatic amines is 1. The van der Waals surface area contributed by atoms with E-state index < -0.39 is 0 Å². The fraction of sp³-hybridized carbons (Fsp3) is 0.267. The zero-order valence-electron chi connectivity index (χ0n) is 12.3. The van der Waals surface area contributed by atoms with Gasteiger partial charge in [0.15, 0.2) is 5.82 Å². The number of H-pyrrole nitrogens is 1. The molecule has 0 unspecified atom stereocenters. The topological polar surface area (TPSA) is 102 Å². The molecule has 2 aromatic heterocycles. The van der Waals surface area contributed by atoms with E-state index in [-0.39, 0.29) is 12.5 Å². The molecular weight excluding hydrogens is 280 g/mol. The lowest BCUT2D eigenvalue weighted by Gasteiger charge is -2.05. The van der Waals surface area contributed by atoms with Gasteiger partial charge in [-0.2, -0.15) is 9.90 Å². The number of fused-ring (bicyclic) bond motifs is 1. The predicted octanol–water partition coefficient (Wildman–Crippen LogP) is 1.01. The van der Waals surface area contributed by atoms with Crippen LogP contribution in [0.1, 0.15) is 11.3 Å². The SMILES string of the molecule is Cc1[nH]c2ccccc2c1CCNC(=O)Cn1ncc(N)n1. The van der Waals surface area contributed by atoms with Crippen molar-refractivity contribution in [2.24, 2.45) is 0 Å². The summed E-state index contributed by atoms with van der Waals surface area (Å²) >= 11 is 0. The third-order valence-electron chi connectivity index (χ3n) is 3.56. The van der Waals surface area contributed by atoms with Crippen molar-refractivity contribution in [2.75, 3.05) is 12.3 Å². The van der Waals surface area contributed by atoms with Crippen LogP contribution >= 0.6 is 0 Å². The fourth-order valence-electron chi connectivity index (χ4n) is 2.56. The third kappa shape index (κ3) is 2.93. The minimum atomic E-state index is -0.131. The number of nitrogen functional groups attached to an aromatic ring is 1. The summed E-state index contributed by atoms with van der Waals surface area (Å²) in [6.07, 6.45) is 2.19. The Morgan fingerprint density at radius 2 is 2.23 bits per heavy atom. The molecule has 7 heteroatoms. The number of hydrogen-bond donors (Lipinski definition) is 3. The molecule has 22 heavy (non-hydrogen) atoms. The molecule has 0 aliphatic carbocycles. The van der Waals surface area contributed by atoms with Gasteiger partial charge in [-0.25, -0.2) is 0 Å². The second-order valence-electron chi connectivity index (χ2n) is 5.17. The molecule has 3 rings (SSSR count). The van der Waals surface area contributed by atoms with Gasteiger partial charge in [0, 0.05) is 23.1 Å². The zero-order valence-corrected chi connectivity index (χ0v) is 12.3. The highest BCUT2D eigenvalue weighted by Gasteiger charge is 2.09. The number of para-hydroxylation sites is 1. The average molecular weight is 298 g/mol. The molecule has 2 heterocycles. The van der Waals surface area contributed by atoms with Crippen molar-refractivity contribution in [3.63, 3.8) is 0 Å². The molecule has 1 amide bonds. The smallest absolute Gasteiger partial charge is 0.243 e. The molecule has 0 saturated carbocycles. The minimum absolute atomic E-state index is 0.0735. The van der Waals surface area contributed by atoms with Crippen LogP contribution < -0.4 is 11.1 Å². The lowest BCUT2D eigenvalue weighted by atomic mass is 10.1. The molecule has 0 spiro atoms. The summed E-state index contributed by atoms with van der Waals surface area (Å²) in [5.41, 5.74) is 8.95. The Balaban J connectivity index is 1.58. The van der Waals surface area contributed by atoms with E-state index in [2.05, 4.69) is 32.6 Å². The lowest BCUT2D eigenvalue weighted by Crippen LogP contribution is -2.30. The van der Waals surface area contributed by atoms with Crippen LogP contribution in [0.2, 0.25) is 0 Å². The summed E-state index contributed by atoms with van der Waals surface area (Å²) < 4.78 is 0. The molecule has 0 bridgehead atoms. The number of carbonyl (C=O) groups is 1. The summed E-state index contributed by atoms with van der Waals surface area (Å²) in [5.74, 6) is 0.176. The van der Waals surface area contributed by atoms with E-state index in [1.165, 1.54) is 21.9 Å². The van der Waals surface area contributed by atoms with Crippen LogP contribution in [0.4, 0.5) is 5.82 Å². The van der Waals surface area contributed by atoms with Gasteiger partial charge in [0.05, 0.1) is 6.20 Å². The van der Waals surface area contributed by atoms with Gasteiger partial charge in [0.25, 0.3) is 0 Å². The maximum atomic E-state index is 11.8. The molecular formula is C15H18N6O. The molecule has 1 aromatic carbocycles. The van der Waals surface area contributed by atoms with Gasteiger partial charge in [-0.1, -0.05) is 18.2 Å². The van der Waals surface area contributed by atoms with Gasteiger partial charge in [0.2, 0.25) is 5.91 Å². The summed E-state index contributed by atoms with van der Waals surface area (Å²) in [6.45, 7) is 2.69. The van der Waals surface area contributed by atoms with Crippen molar-refractivity contribution in [3.8, 4) is 0 Å². The van der Waals surface area contributed by atoms with Gasteiger partial charge in [-0.05, 0) is 25.0 Å². The normalized spacial score (nSPS) is 11.0. The van der Waals surface area contributed by atoms with E-state index in [9.17, 15) is 4.79 Å². The largest absolute Gasteiger partial charge is 0.381 e. The highest BCUT2D eigenvalue weighted by Crippen LogP contribution is 2.21. The fourth-order valence-corrected chi connectivity index (χ4v) is 2.56. The molecule has 0 fully saturated rings. The second-order valence-corrected chi connectivity index (χ2v) is 5.17. The number of anilines is 1. The van der Waals surface area contributed by atoms with E-state index in [1.807, 2.05) is 19.1 Å². The van der Waals surface area contributed by atoms with Crippen molar-refractivity contribution in [1.82, 2.24) is 25.3 Å². The quantitative estimate of drug-likeness (QED) is 0.654. The van der Waals surface area contributed by atoms with Crippen LogP contribution in [0.15, 0.2) is 30.5 Å². The van der Waals surface area contributed by atoms with Crippen LogP contribution in [0.25, 0.3) is 10.9 Å². The Morgan fingerprint density at radius 1 is 1.41 bits per heavy atom. The summed E-state index contributed by atoms with van der Waals surface area (Å²) in [4.78, 5) is 16.5. The number of nitrogens with two attached hydrogens (primary N) is 1. The molecule has 114 valence electrons. The van der Waals surface area contributed by atoms with Crippen LogP contribution in [-0.2, 0) is 17.8 Å². The predicted molar refractivity (Wildman–Crippen MR) is 84.2 cm³/mol. The number of carbonyl (C=O) groups excluding carboxylic acids is 1. The van der Waals surface area contributed by atoms with Gasteiger partial charge in [-0.15, -0.1) is 5.10 Å². The number of benzene rings is 1. The summed E-state index contributed by atoms with van der Waals surface area (Å²) in [5, 5.41) is 11.8. The van der Waals surface area contributed by atoms with Crippen LogP contribution in [0.5, 0.6) is 0 Å². The zero-order chi connectivity index (χ0) is 15.5. The van der Waals surface area contributed by atoms with E-state index >= 15 is 0 Å². The van der Waals surface area contributed by atoms with Gasteiger partial charge in [-0.3, -0.25) is 4.79 Å². The third-order valence-corrected chi connectivity index (χ3v) is 3.56.